The van der Waals surface area contributed by atoms with Gasteiger partial charge in [-0.2, -0.15) is 0 Å². The Morgan fingerprint density at radius 1 is 1.25 bits per heavy atom. The zero-order valence-corrected chi connectivity index (χ0v) is 11.2. The monoisotopic (exact) mass is 271 g/mol. The molecule has 0 saturated heterocycles. The third-order valence-corrected chi connectivity index (χ3v) is 2.95. The van der Waals surface area contributed by atoms with E-state index in [2.05, 4.69) is 17.4 Å². The summed E-state index contributed by atoms with van der Waals surface area (Å²) in [4.78, 5) is 10.4. The molecule has 1 atom stereocenters. The first kappa shape index (κ1) is 13.9. The summed E-state index contributed by atoms with van der Waals surface area (Å²) in [5.41, 5.74) is 7.94. The van der Waals surface area contributed by atoms with E-state index in [1.54, 1.807) is 6.07 Å². The van der Waals surface area contributed by atoms with E-state index in [4.69, 9.17) is 5.73 Å². The fourth-order valence-corrected chi connectivity index (χ4v) is 2.13. The van der Waals surface area contributed by atoms with Crippen LogP contribution in [0, 0.1) is 10.1 Å². The predicted molar refractivity (Wildman–Crippen MR) is 80.7 cm³/mol. The van der Waals surface area contributed by atoms with Crippen LogP contribution in [0.15, 0.2) is 48.5 Å². The van der Waals surface area contributed by atoms with Crippen molar-refractivity contribution in [3.05, 3.63) is 64.2 Å². The topological polar surface area (TPSA) is 81.2 Å². The SMILES string of the molecule is CC(Cc1ccccc1)Nc1cc(N)cc([N+](=O)[O-])c1. The van der Waals surface area contributed by atoms with Crippen LogP contribution in [0.4, 0.5) is 17.1 Å². The van der Waals surface area contributed by atoms with Crippen LogP contribution in [0.5, 0.6) is 0 Å². The smallest absolute Gasteiger partial charge is 0.273 e. The van der Waals surface area contributed by atoms with E-state index >= 15 is 0 Å². The van der Waals surface area contributed by atoms with Crippen molar-refractivity contribution in [3.63, 3.8) is 0 Å². The normalized spacial score (nSPS) is 11.8. The predicted octanol–water partition coefficient (Wildman–Crippen LogP) is 3.22. The van der Waals surface area contributed by atoms with Gasteiger partial charge < -0.3 is 11.1 Å². The van der Waals surface area contributed by atoms with Crippen molar-refractivity contribution in [1.82, 2.24) is 0 Å². The molecule has 0 bridgehead atoms. The van der Waals surface area contributed by atoms with Gasteiger partial charge in [-0.15, -0.1) is 0 Å². The van der Waals surface area contributed by atoms with Crippen molar-refractivity contribution in [1.29, 1.82) is 0 Å². The summed E-state index contributed by atoms with van der Waals surface area (Å²) >= 11 is 0. The lowest BCUT2D eigenvalue weighted by Crippen LogP contribution is -2.18. The summed E-state index contributed by atoms with van der Waals surface area (Å²) in [6, 6.07) is 14.8. The Kier molecular flexibility index (Phi) is 4.20. The highest BCUT2D eigenvalue weighted by atomic mass is 16.6. The van der Waals surface area contributed by atoms with Gasteiger partial charge in [0.1, 0.15) is 0 Å². The minimum absolute atomic E-state index is 0.000545. The van der Waals surface area contributed by atoms with Crippen LogP contribution in [0.25, 0.3) is 0 Å². The Bertz CT molecular complexity index is 599. The van der Waals surface area contributed by atoms with E-state index in [1.165, 1.54) is 17.7 Å². The lowest BCUT2D eigenvalue weighted by molar-refractivity contribution is -0.384. The molecule has 2 aromatic carbocycles. The average molecular weight is 271 g/mol. The summed E-state index contributed by atoms with van der Waals surface area (Å²) in [5.74, 6) is 0. The van der Waals surface area contributed by atoms with Crippen molar-refractivity contribution in [2.24, 2.45) is 0 Å². The highest BCUT2D eigenvalue weighted by Crippen LogP contribution is 2.23. The molecule has 0 aromatic heterocycles. The quantitative estimate of drug-likeness (QED) is 0.497. The molecule has 0 aliphatic heterocycles. The third kappa shape index (κ3) is 3.71. The van der Waals surface area contributed by atoms with Gasteiger partial charge in [0.2, 0.25) is 0 Å². The number of benzene rings is 2. The van der Waals surface area contributed by atoms with Crippen LogP contribution >= 0.6 is 0 Å². The Balaban J connectivity index is 2.07. The largest absolute Gasteiger partial charge is 0.398 e. The number of nitrogens with two attached hydrogens (primary N) is 1. The maximum atomic E-state index is 10.8. The zero-order chi connectivity index (χ0) is 14.5. The van der Waals surface area contributed by atoms with Gasteiger partial charge in [0.25, 0.3) is 5.69 Å². The second-order valence-electron chi connectivity index (χ2n) is 4.81. The summed E-state index contributed by atoms with van der Waals surface area (Å²) < 4.78 is 0. The number of non-ortho nitro benzene ring substituents is 1. The second kappa shape index (κ2) is 6.06. The van der Waals surface area contributed by atoms with Crippen LogP contribution in [0.3, 0.4) is 0 Å². The molecular formula is C15H17N3O2. The minimum Gasteiger partial charge on any atom is -0.398 e. The van der Waals surface area contributed by atoms with E-state index in [9.17, 15) is 10.1 Å². The molecule has 1 unspecified atom stereocenters. The van der Waals surface area contributed by atoms with E-state index in [0.29, 0.717) is 11.4 Å². The van der Waals surface area contributed by atoms with Gasteiger partial charge in [-0.25, -0.2) is 0 Å². The van der Waals surface area contributed by atoms with E-state index in [0.717, 1.165) is 6.42 Å². The van der Waals surface area contributed by atoms with Gasteiger partial charge in [-0.1, -0.05) is 30.3 Å². The Hall–Kier alpha value is -2.56. The van der Waals surface area contributed by atoms with E-state index in [1.807, 2.05) is 25.1 Å². The standard InChI is InChI=1S/C15H17N3O2/c1-11(7-12-5-3-2-4-6-12)17-14-8-13(16)9-15(10-14)18(19)20/h2-6,8-11,17H,7,16H2,1H3. The molecule has 0 heterocycles. The van der Waals surface area contributed by atoms with Crippen LogP contribution in [-0.2, 0) is 6.42 Å². The molecule has 2 rings (SSSR count). The fourth-order valence-electron chi connectivity index (χ4n) is 2.13. The summed E-state index contributed by atoms with van der Waals surface area (Å²) in [6.45, 7) is 2.03. The molecule has 3 N–H and O–H groups in total. The number of anilines is 2. The number of hydrogen-bond donors (Lipinski definition) is 2. The maximum absolute atomic E-state index is 10.8. The molecule has 0 spiro atoms. The van der Waals surface area contributed by atoms with E-state index < -0.39 is 4.92 Å². The number of nitro benzene ring substituents is 1. The number of rotatable bonds is 5. The molecule has 0 saturated carbocycles. The first-order chi connectivity index (χ1) is 9.54. The van der Waals surface area contributed by atoms with Crippen molar-refractivity contribution in [3.8, 4) is 0 Å². The van der Waals surface area contributed by atoms with Crippen LogP contribution in [0.2, 0.25) is 0 Å². The minimum atomic E-state index is -0.441. The number of nitro groups is 1. The van der Waals surface area contributed by atoms with Gasteiger partial charge in [-0.3, -0.25) is 10.1 Å². The van der Waals surface area contributed by atoms with E-state index in [-0.39, 0.29) is 11.7 Å². The molecule has 5 heteroatoms. The van der Waals surface area contributed by atoms with Crippen LogP contribution in [-0.4, -0.2) is 11.0 Å². The van der Waals surface area contributed by atoms with Gasteiger partial charge in [0.15, 0.2) is 0 Å². The number of nitrogens with one attached hydrogen (secondary N) is 1. The maximum Gasteiger partial charge on any atom is 0.273 e. The Morgan fingerprint density at radius 3 is 2.60 bits per heavy atom. The zero-order valence-electron chi connectivity index (χ0n) is 11.2. The first-order valence-electron chi connectivity index (χ1n) is 6.40. The molecule has 0 amide bonds. The van der Waals surface area contributed by atoms with Gasteiger partial charge >= 0.3 is 0 Å². The molecule has 2 aromatic rings. The Morgan fingerprint density at radius 2 is 1.95 bits per heavy atom. The number of hydrogen-bond acceptors (Lipinski definition) is 4. The lowest BCUT2D eigenvalue weighted by atomic mass is 10.1. The third-order valence-electron chi connectivity index (χ3n) is 2.95. The van der Waals surface area contributed by atoms with Crippen LogP contribution < -0.4 is 11.1 Å². The molecular weight excluding hydrogens is 254 g/mol. The lowest BCUT2D eigenvalue weighted by Gasteiger charge is -2.15. The summed E-state index contributed by atoms with van der Waals surface area (Å²) in [5, 5.41) is 14.0. The van der Waals surface area contributed by atoms with Crippen molar-refractivity contribution < 1.29 is 4.92 Å². The van der Waals surface area contributed by atoms with Gasteiger partial charge in [-0.05, 0) is 25.0 Å². The molecule has 0 aliphatic rings. The fraction of sp³-hybridized carbons (Fsp3) is 0.200. The van der Waals surface area contributed by atoms with Gasteiger partial charge in [0.05, 0.1) is 4.92 Å². The number of nitrogen functional groups attached to an aromatic ring is 1. The van der Waals surface area contributed by atoms with Crippen molar-refractivity contribution in [2.75, 3.05) is 11.1 Å². The molecule has 0 aliphatic carbocycles. The second-order valence-corrected chi connectivity index (χ2v) is 4.81. The molecule has 0 fully saturated rings. The van der Waals surface area contributed by atoms with Gasteiger partial charge in [0, 0.05) is 29.5 Å². The molecule has 0 radical (unpaired) electrons. The highest BCUT2D eigenvalue weighted by Gasteiger charge is 2.10. The van der Waals surface area contributed by atoms with Crippen LogP contribution in [0.1, 0.15) is 12.5 Å². The number of nitrogens with zero attached hydrogens (tertiary/aromatic N) is 1. The summed E-state index contributed by atoms with van der Waals surface area (Å²) in [6.07, 6.45) is 0.837. The van der Waals surface area contributed by atoms with Crippen molar-refractivity contribution >= 4 is 17.1 Å². The first-order valence-corrected chi connectivity index (χ1v) is 6.40. The molecule has 104 valence electrons. The Labute approximate surface area is 117 Å². The molecule has 20 heavy (non-hydrogen) atoms. The average Bonchev–Trinajstić information content (AvgIpc) is 2.38. The highest BCUT2D eigenvalue weighted by molar-refractivity contribution is 5.61. The van der Waals surface area contributed by atoms with Crippen molar-refractivity contribution in [2.45, 2.75) is 19.4 Å². The molecule has 5 nitrogen and oxygen atoms in total. The summed E-state index contributed by atoms with van der Waals surface area (Å²) in [7, 11) is 0.